The number of hydrogen-bond acceptors (Lipinski definition) is 3. The highest BCUT2D eigenvalue weighted by Crippen LogP contribution is 2.33. The van der Waals surface area contributed by atoms with Crippen LogP contribution in [0.2, 0.25) is 20.1 Å². The van der Waals surface area contributed by atoms with Crippen molar-refractivity contribution in [1.82, 2.24) is 0 Å². The summed E-state index contributed by atoms with van der Waals surface area (Å²) < 4.78 is 41.9. The number of nitrogens with one attached hydrogen (secondary N) is 2. The first-order valence-electron chi connectivity index (χ1n) is 8.11. The molecule has 0 atom stereocenters. The third kappa shape index (κ3) is 4.99. The number of carbonyl (C=O) groups is 1. The van der Waals surface area contributed by atoms with E-state index >= 15 is 0 Å². The minimum atomic E-state index is -4.20. The predicted octanol–water partition coefficient (Wildman–Crippen LogP) is 6.49. The molecule has 3 rings (SSSR count). The lowest BCUT2D eigenvalue weighted by Crippen LogP contribution is -2.16. The van der Waals surface area contributed by atoms with E-state index in [0.717, 1.165) is 18.2 Å². The third-order valence-corrected chi connectivity index (χ3v) is 6.60. The molecule has 5 nitrogen and oxygen atoms in total. The van der Waals surface area contributed by atoms with Crippen molar-refractivity contribution in [3.63, 3.8) is 0 Å². The van der Waals surface area contributed by atoms with Gasteiger partial charge in [-0.25, -0.2) is 12.8 Å². The summed E-state index contributed by atoms with van der Waals surface area (Å²) in [6.45, 7) is 0. The van der Waals surface area contributed by atoms with Crippen LogP contribution in [-0.4, -0.2) is 14.3 Å². The second-order valence-electron chi connectivity index (χ2n) is 5.93. The third-order valence-electron chi connectivity index (χ3n) is 3.87. The van der Waals surface area contributed by atoms with Crippen molar-refractivity contribution in [2.75, 3.05) is 10.0 Å². The second-order valence-corrected chi connectivity index (χ2v) is 9.24. The van der Waals surface area contributed by atoms with E-state index in [4.69, 9.17) is 46.4 Å². The lowest BCUT2D eigenvalue weighted by Gasteiger charge is -2.12. The van der Waals surface area contributed by atoms with Crippen LogP contribution in [0.1, 0.15) is 10.4 Å². The Hall–Kier alpha value is -2.03. The van der Waals surface area contributed by atoms with E-state index in [0.29, 0.717) is 0 Å². The molecular weight excluding hydrogens is 497 g/mol. The van der Waals surface area contributed by atoms with E-state index in [9.17, 15) is 17.6 Å². The summed E-state index contributed by atoms with van der Waals surface area (Å²) >= 11 is 23.6. The van der Waals surface area contributed by atoms with Gasteiger partial charge < -0.3 is 5.32 Å². The molecule has 11 heteroatoms. The number of rotatable bonds is 5. The maximum absolute atomic E-state index is 14.5. The quantitative estimate of drug-likeness (QED) is 0.387. The summed E-state index contributed by atoms with van der Waals surface area (Å²) in [5.41, 5.74) is -0.0970. The van der Waals surface area contributed by atoms with Gasteiger partial charge in [-0.1, -0.05) is 58.5 Å². The summed E-state index contributed by atoms with van der Waals surface area (Å²) in [7, 11) is -4.20. The molecule has 2 N–H and O–H groups in total. The first kappa shape index (κ1) is 22.7. The molecule has 0 heterocycles. The fraction of sp³-hybridized carbons (Fsp3) is 0. The van der Waals surface area contributed by atoms with E-state index < -0.39 is 26.6 Å². The maximum atomic E-state index is 14.5. The lowest BCUT2D eigenvalue weighted by molar-refractivity contribution is 0.102. The number of amides is 1. The highest BCUT2D eigenvalue weighted by molar-refractivity contribution is 7.92. The van der Waals surface area contributed by atoms with Crippen LogP contribution in [0.15, 0.2) is 59.5 Å². The first-order chi connectivity index (χ1) is 14.1. The number of carbonyl (C=O) groups excluding carboxylic acids is 1. The smallest absolute Gasteiger partial charge is 0.262 e. The highest BCUT2D eigenvalue weighted by atomic mass is 35.5. The summed E-state index contributed by atoms with van der Waals surface area (Å²) in [6.07, 6.45) is 0. The Labute approximate surface area is 191 Å². The number of anilines is 2. The van der Waals surface area contributed by atoms with Crippen LogP contribution in [0.5, 0.6) is 0 Å². The average Bonchev–Trinajstić information content (AvgIpc) is 2.67. The normalized spacial score (nSPS) is 11.2. The monoisotopic (exact) mass is 506 g/mol. The molecule has 0 saturated heterocycles. The molecule has 0 fully saturated rings. The molecule has 0 bridgehead atoms. The number of sulfonamides is 1. The van der Waals surface area contributed by atoms with Crippen LogP contribution >= 0.6 is 46.4 Å². The molecule has 0 aliphatic carbocycles. The van der Waals surface area contributed by atoms with Gasteiger partial charge in [0.15, 0.2) is 0 Å². The van der Waals surface area contributed by atoms with Crippen molar-refractivity contribution >= 4 is 73.7 Å². The summed E-state index contributed by atoms with van der Waals surface area (Å²) in [4.78, 5) is 11.9. The summed E-state index contributed by atoms with van der Waals surface area (Å²) in [5.74, 6) is -1.60. The van der Waals surface area contributed by atoms with Crippen molar-refractivity contribution < 1.29 is 17.6 Å². The molecule has 0 aliphatic heterocycles. The number of hydrogen-bond donors (Lipinski definition) is 2. The molecule has 0 aliphatic rings. The van der Waals surface area contributed by atoms with Crippen LogP contribution in [-0.2, 0) is 10.0 Å². The fourth-order valence-electron chi connectivity index (χ4n) is 2.40. The molecule has 0 unspecified atom stereocenters. The largest absolute Gasteiger partial charge is 0.319 e. The minimum absolute atomic E-state index is 0.0112. The van der Waals surface area contributed by atoms with Crippen LogP contribution in [0.4, 0.5) is 15.8 Å². The van der Waals surface area contributed by atoms with Crippen molar-refractivity contribution in [2.24, 2.45) is 0 Å². The van der Waals surface area contributed by atoms with E-state index in [-0.39, 0.29) is 37.0 Å². The van der Waals surface area contributed by atoms with Crippen LogP contribution < -0.4 is 10.0 Å². The van der Waals surface area contributed by atoms with Gasteiger partial charge in [-0.15, -0.1) is 0 Å². The molecule has 0 radical (unpaired) electrons. The van der Waals surface area contributed by atoms with Gasteiger partial charge in [-0.2, -0.15) is 0 Å². The standard InChI is InChI=1S/C19H11Cl4FN2O3S/c20-12-4-2-1-3-11(12)19(27)25-17-6-5-10(7-16(17)24)30(28,29)26-18-9-14(22)13(21)8-15(18)23/h1-9,26H,(H,25,27). The zero-order valence-corrected chi connectivity index (χ0v) is 18.6. The maximum Gasteiger partial charge on any atom is 0.262 e. The minimum Gasteiger partial charge on any atom is -0.319 e. The SMILES string of the molecule is O=C(Nc1ccc(S(=O)(=O)Nc2cc(Cl)c(Cl)cc2Cl)cc1F)c1ccccc1Cl. The molecule has 1 amide bonds. The van der Waals surface area contributed by atoms with Gasteiger partial charge in [-0.3, -0.25) is 9.52 Å². The van der Waals surface area contributed by atoms with E-state index in [2.05, 4.69) is 10.0 Å². The molecule has 3 aromatic carbocycles. The Morgan fingerprint density at radius 3 is 2.13 bits per heavy atom. The van der Waals surface area contributed by atoms with Crippen LogP contribution in [0, 0.1) is 5.82 Å². The van der Waals surface area contributed by atoms with Crippen LogP contribution in [0.3, 0.4) is 0 Å². The Morgan fingerprint density at radius 2 is 1.47 bits per heavy atom. The Bertz CT molecular complexity index is 1250. The van der Waals surface area contributed by atoms with E-state index in [1.807, 2.05) is 0 Å². The number of halogens is 5. The van der Waals surface area contributed by atoms with Crippen LogP contribution in [0.25, 0.3) is 0 Å². The van der Waals surface area contributed by atoms with Gasteiger partial charge >= 0.3 is 0 Å². The summed E-state index contributed by atoms with van der Waals surface area (Å²) in [5, 5.41) is 2.79. The zero-order valence-electron chi connectivity index (χ0n) is 14.7. The molecular formula is C19H11Cl4FN2O3S. The van der Waals surface area contributed by atoms with Gasteiger partial charge in [0.2, 0.25) is 0 Å². The van der Waals surface area contributed by atoms with Gasteiger partial charge in [0.1, 0.15) is 5.82 Å². The zero-order chi connectivity index (χ0) is 22.1. The Kier molecular flexibility index (Phi) is 6.79. The fourth-order valence-corrected chi connectivity index (χ4v) is 4.36. The summed E-state index contributed by atoms with van der Waals surface area (Å²) in [6, 6.07) is 11.8. The van der Waals surface area contributed by atoms with Gasteiger partial charge in [0.05, 0.1) is 41.9 Å². The topological polar surface area (TPSA) is 75.3 Å². The molecule has 3 aromatic rings. The Morgan fingerprint density at radius 1 is 0.800 bits per heavy atom. The molecule has 156 valence electrons. The lowest BCUT2D eigenvalue weighted by atomic mass is 10.2. The first-order valence-corrected chi connectivity index (χ1v) is 11.1. The van der Waals surface area contributed by atoms with Gasteiger partial charge in [-0.05, 0) is 42.5 Å². The average molecular weight is 508 g/mol. The Balaban J connectivity index is 1.84. The number of benzene rings is 3. The predicted molar refractivity (Wildman–Crippen MR) is 118 cm³/mol. The molecule has 0 aromatic heterocycles. The molecule has 30 heavy (non-hydrogen) atoms. The molecule has 0 saturated carbocycles. The van der Waals surface area contributed by atoms with E-state index in [1.54, 1.807) is 12.1 Å². The van der Waals surface area contributed by atoms with Crippen molar-refractivity contribution in [1.29, 1.82) is 0 Å². The van der Waals surface area contributed by atoms with E-state index in [1.165, 1.54) is 24.3 Å². The van der Waals surface area contributed by atoms with Crippen molar-refractivity contribution in [3.8, 4) is 0 Å². The van der Waals surface area contributed by atoms with Gasteiger partial charge in [0, 0.05) is 0 Å². The van der Waals surface area contributed by atoms with Crippen molar-refractivity contribution in [2.45, 2.75) is 4.90 Å². The second kappa shape index (κ2) is 8.99. The highest BCUT2D eigenvalue weighted by Gasteiger charge is 2.20. The van der Waals surface area contributed by atoms with Gasteiger partial charge in [0.25, 0.3) is 15.9 Å². The molecule has 0 spiro atoms. The van der Waals surface area contributed by atoms with Crippen molar-refractivity contribution in [3.05, 3.63) is 86.1 Å².